The Hall–Kier alpha value is -3.02. The first kappa shape index (κ1) is 16.8. The molecule has 2 heterocycles. The number of amides is 1. The number of pyridine rings is 1. The van der Waals surface area contributed by atoms with Crippen molar-refractivity contribution in [3.63, 3.8) is 0 Å². The number of carbonyl (C=O) groups is 1. The van der Waals surface area contributed by atoms with Gasteiger partial charge in [-0.3, -0.25) is 9.78 Å². The van der Waals surface area contributed by atoms with E-state index in [0.29, 0.717) is 24.6 Å². The largest absolute Gasteiger partial charge is 0.347 e. The van der Waals surface area contributed by atoms with E-state index in [9.17, 15) is 4.79 Å². The van der Waals surface area contributed by atoms with E-state index in [1.165, 1.54) is 16.7 Å². The first-order valence-electron chi connectivity index (χ1n) is 8.17. The van der Waals surface area contributed by atoms with E-state index in [1.54, 1.807) is 24.5 Å². The summed E-state index contributed by atoms with van der Waals surface area (Å²) in [7, 11) is 0. The van der Waals surface area contributed by atoms with Crippen molar-refractivity contribution in [2.24, 2.45) is 0 Å². The highest BCUT2D eigenvalue weighted by molar-refractivity contribution is 5.76. The Morgan fingerprint density at radius 1 is 1.16 bits per heavy atom. The van der Waals surface area contributed by atoms with Crippen molar-refractivity contribution >= 4 is 5.91 Å². The van der Waals surface area contributed by atoms with Gasteiger partial charge in [0.05, 0.1) is 6.54 Å². The summed E-state index contributed by atoms with van der Waals surface area (Å²) in [6.07, 6.45) is 4.47. The molecule has 0 radical (unpaired) electrons. The predicted octanol–water partition coefficient (Wildman–Crippen LogP) is 3.00. The Morgan fingerprint density at radius 2 is 1.96 bits per heavy atom. The number of benzene rings is 1. The molecule has 25 heavy (non-hydrogen) atoms. The van der Waals surface area contributed by atoms with Gasteiger partial charge in [-0.2, -0.15) is 4.98 Å². The predicted molar refractivity (Wildman–Crippen MR) is 93.6 cm³/mol. The van der Waals surface area contributed by atoms with Crippen molar-refractivity contribution in [3.05, 3.63) is 65.3 Å². The molecule has 0 aliphatic rings. The quantitative estimate of drug-likeness (QED) is 0.748. The number of rotatable bonds is 6. The van der Waals surface area contributed by atoms with Gasteiger partial charge in [-0.15, -0.1) is 0 Å². The third-order valence-corrected chi connectivity index (χ3v) is 3.96. The van der Waals surface area contributed by atoms with Crippen LogP contribution in [0.1, 0.15) is 29.0 Å². The molecule has 0 saturated heterocycles. The summed E-state index contributed by atoms with van der Waals surface area (Å²) < 4.78 is 5.17. The molecule has 0 bridgehead atoms. The number of carbonyl (C=O) groups excluding carboxylic acids is 1. The van der Waals surface area contributed by atoms with Crippen molar-refractivity contribution in [1.29, 1.82) is 0 Å². The average Bonchev–Trinajstić information content (AvgIpc) is 3.09. The molecular weight excluding hydrogens is 316 g/mol. The van der Waals surface area contributed by atoms with Crippen LogP contribution in [-0.4, -0.2) is 21.0 Å². The standard InChI is InChI=1S/C19H20N4O2/c1-13-3-4-15(14(2)11-13)5-6-17(24)21-12-18-22-19(23-25-18)16-7-9-20-10-8-16/h3-4,7-11H,5-6,12H2,1-2H3,(H,21,24). The Balaban J connectivity index is 1.50. The van der Waals surface area contributed by atoms with Crippen LogP contribution in [0.2, 0.25) is 0 Å². The van der Waals surface area contributed by atoms with Gasteiger partial charge in [0.2, 0.25) is 17.6 Å². The van der Waals surface area contributed by atoms with Crippen molar-refractivity contribution in [2.75, 3.05) is 0 Å². The number of aryl methyl sites for hydroxylation is 3. The Labute approximate surface area is 146 Å². The highest BCUT2D eigenvalue weighted by Gasteiger charge is 2.10. The fourth-order valence-electron chi connectivity index (χ4n) is 2.58. The molecule has 0 saturated carbocycles. The topological polar surface area (TPSA) is 80.9 Å². The maximum absolute atomic E-state index is 12.0. The third-order valence-electron chi connectivity index (χ3n) is 3.96. The van der Waals surface area contributed by atoms with Crippen molar-refractivity contribution in [2.45, 2.75) is 33.2 Å². The van der Waals surface area contributed by atoms with Crippen LogP contribution in [0.25, 0.3) is 11.4 Å². The second-order valence-electron chi connectivity index (χ2n) is 5.95. The van der Waals surface area contributed by atoms with E-state index in [4.69, 9.17) is 4.52 Å². The summed E-state index contributed by atoms with van der Waals surface area (Å²) in [6.45, 7) is 4.36. The summed E-state index contributed by atoms with van der Waals surface area (Å²) in [6, 6.07) is 9.89. The molecule has 0 spiro atoms. The summed E-state index contributed by atoms with van der Waals surface area (Å²) in [5.74, 6) is 0.831. The first-order chi connectivity index (χ1) is 12.1. The molecule has 1 amide bonds. The second kappa shape index (κ2) is 7.70. The minimum absolute atomic E-state index is 0.0383. The van der Waals surface area contributed by atoms with Crippen molar-refractivity contribution in [1.82, 2.24) is 20.4 Å². The lowest BCUT2D eigenvalue weighted by Gasteiger charge is -2.07. The molecule has 6 heteroatoms. The number of hydrogen-bond acceptors (Lipinski definition) is 5. The SMILES string of the molecule is Cc1ccc(CCC(=O)NCc2nc(-c3ccncc3)no2)c(C)c1. The highest BCUT2D eigenvalue weighted by atomic mass is 16.5. The van der Waals surface area contributed by atoms with Crippen LogP contribution in [0, 0.1) is 13.8 Å². The molecule has 128 valence electrons. The van der Waals surface area contributed by atoms with Crippen LogP contribution in [0.4, 0.5) is 0 Å². The monoisotopic (exact) mass is 336 g/mol. The van der Waals surface area contributed by atoms with Gasteiger partial charge in [0, 0.05) is 24.4 Å². The van der Waals surface area contributed by atoms with Gasteiger partial charge in [-0.25, -0.2) is 0 Å². The zero-order valence-electron chi connectivity index (χ0n) is 14.3. The molecule has 1 aromatic carbocycles. The molecule has 3 rings (SSSR count). The summed E-state index contributed by atoms with van der Waals surface area (Å²) in [4.78, 5) is 20.3. The number of aromatic nitrogens is 3. The van der Waals surface area contributed by atoms with Crippen LogP contribution in [0.15, 0.2) is 47.2 Å². The van der Waals surface area contributed by atoms with Gasteiger partial charge in [-0.05, 0) is 43.5 Å². The Morgan fingerprint density at radius 3 is 2.72 bits per heavy atom. The Kier molecular flexibility index (Phi) is 5.18. The van der Waals surface area contributed by atoms with E-state index in [0.717, 1.165) is 5.56 Å². The van der Waals surface area contributed by atoms with Crippen LogP contribution in [-0.2, 0) is 17.8 Å². The Bertz CT molecular complexity index is 859. The molecule has 0 unspecified atom stereocenters. The smallest absolute Gasteiger partial charge is 0.246 e. The fraction of sp³-hybridized carbons (Fsp3) is 0.263. The lowest BCUT2D eigenvalue weighted by Crippen LogP contribution is -2.23. The summed E-state index contributed by atoms with van der Waals surface area (Å²) in [5, 5.41) is 6.73. The summed E-state index contributed by atoms with van der Waals surface area (Å²) in [5.41, 5.74) is 4.46. The summed E-state index contributed by atoms with van der Waals surface area (Å²) >= 11 is 0. The van der Waals surface area contributed by atoms with E-state index in [-0.39, 0.29) is 12.5 Å². The van der Waals surface area contributed by atoms with Gasteiger partial charge in [0.1, 0.15) is 0 Å². The van der Waals surface area contributed by atoms with Crippen LogP contribution in [0.3, 0.4) is 0 Å². The average molecular weight is 336 g/mol. The maximum Gasteiger partial charge on any atom is 0.246 e. The van der Waals surface area contributed by atoms with Gasteiger partial charge in [-0.1, -0.05) is 28.9 Å². The first-order valence-corrected chi connectivity index (χ1v) is 8.17. The molecule has 0 atom stereocenters. The van der Waals surface area contributed by atoms with Gasteiger partial charge in [0.25, 0.3) is 0 Å². The minimum Gasteiger partial charge on any atom is -0.347 e. The fourth-order valence-corrected chi connectivity index (χ4v) is 2.58. The van der Waals surface area contributed by atoms with E-state index >= 15 is 0 Å². The maximum atomic E-state index is 12.0. The normalized spacial score (nSPS) is 10.6. The van der Waals surface area contributed by atoms with Crippen molar-refractivity contribution in [3.8, 4) is 11.4 Å². The van der Waals surface area contributed by atoms with Crippen LogP contribution < -0.4 is 5.32 Å². The molecule has 3 aromatic rings. The van der Waals surface area contributed by atoms with Gasteiger partial charge >= 0.3 is 0 Å². The van der Waals surface area contributed by atoms with E-state index < -0.39 is 0 Å². The molecular formula is C19H20N4O2. The molecule has 2 aromatic heterocycles. The zero-order valence-corrected chi connectivity index (χ0v) is 14.3. The molecule has 0 aliphatic carbocycles. The molecule has 6 nitrogen and oxygen atoms in total. The van der Waals surface area contributed by atoms with Crippen molar-refractivity contribution < 1.29 is 9.32 Å². The lowest BCUT2D eigenvalue weighted by molar-refractivity contribution is -0.121. The van der Waals surface area contributed by atoms with Crippen LogP contribution >= 0.6 is 0 Å². The van der Waals surface area contributed by atoms with Gasteiger partial charge in [0.15, 0.2) is 0 Å². The lowest BCUT2D eigenvalue weighted by atomic mass is 10.0. The number of nitrogens with zero attached hydrogens (tertiary/aromatic N) is 3. The molecule has 0 aliphatic heterocycles. The third kappa shape index (κ3) is 4.50. The molecule has 1 N–H and O–H groups in total. The number of hydrogen-bond donors (Lipinski definition) is 1. The zero-order chi connectivity index (χ0) is 17.6. The van der Waals surface area contributed by atoms with E-state index in [2.05, 4.69) is 52.5 Å². The minimum atomic E-state index is -0.0383. The molecule has 0 fully saturated rings. The van der Waals surface area contributed by atoms with Gasteiger partial charge < -0.3 is 9.84 Å². The second-order valence-corrected chi connectivity index (χ2v) is 5.95. The van der Waals surface area contributed by atoms with Crippen LogP contribution in [0.5, 0.6) is 0 Å². The number of nitrogens with one attached hydrogen (secondary N) is 1. The van der Waals surface area contributed by atoms with E-state index in [1.807, 2.05) is 0 Å². The highest BCUT2D eigenvalue weighted by Crippen LogP contribution is 2.14.